The van der Waals surface area contributed by atoms with Crippen LogP contribution in [0.25, 0.3) is 5.57 Å². The van der Waals surface area contributed by atoms with Crippen molar-refractivity contribution in [2.45, 2.75) is 17.4 Å². The molecule has 2 aliphatic heterocycles. The number of nitrogens with one attached hydrogen (secondary N) is 1. The second-order valence-electron chi connectivity index (χ2n) is 7.74. The molecule has 1 saturated heterocycles. The van der Waals surface area contributed by atoms with Gasteiger partial charge in [-0.2, -0.15) is 0 Å². The van der Waals surface area contributed by atoms with Crippen molar-refractivity contribution < 1.29 is 26.8 Å². The number of hydrogen-bond acceptors (Lipinski definition) is 4. The molecule has 0 radical (unpaired) electrons. The number of carbonyl (C=O) groups is 2. The van der Waals surface area contributed by atoms with Crippen molar-refractivity contribution in [3.8, 4) is 0 Å². The van der Waals surface area contributed by atoms with Crippen molar-refractivity contribution in [3.63, 3.8) is 0 Å². The lowest BCUT2D eigenvalue weighted by Gasteiger charge is -2.33. The minimum absolute atomic E-state index is 0.0326. The molecule has 2 aromatic rings. The average Bonchev–Trinajstić information content (AvgIpc) is 3.33. The Hall–Kier alpha value is -3.27. The predicted molar refractivity (Wildman–Crippen MR) is 107 cm³/mol. The number of fused-ring (bicyclic) bond motifs is 3. The van der Waals surface area contributed by atoms with Gasteiger partial charge in [-0.15, -0.1) is 0 Å². The molecule has 7 nitrogen and oxygen atoms in total. The van der Waals surface area contributed by atoms with E-state index in [-0.39, 0.29) is 11.6 Å². The zero-order valence-electron chi connectivity index (χ0n) is 16.1. The second-order valence-corrected chi connectivity index (χ2v) is 9.57. The molecule has 31 heavy (non-hydrogen) atoms. The lowest BCUT2D eigenvalue weighted by Crippen LogP contribution is -2.50. The number of carbonyl (C=O) groups excluding carboxylic acids is 2. The van der Waals surface area contributed by atoms with Gasteiger partial charge in [0.15, 0.2) is 0 Å². The number of rotatable bonds is 3. The summed E-state index contributed by atoms with van der Waals surface area (Å²) in [6.07, 6.45) is 2.55. The molecule has 0 aromatic heterocycles. The largest absolute Gasteiger partial charge is 0.336 e. The number of benzene rings is 2. The van der Waals surface area contributed by atoms with Gasteiger partial charge in [-0.3, -0.25) is 4.79 Å². The van der Waals surface area contributed by atoms with Gasteiger partial charge < -0.3 is 10.2 Å². The van der Waals surface area contributed by atoms with E-state index in [1.54, 1.807) is 18.2 Å². The molecule has 2 atom stereocenters. The fourth-order valence-electron chi connectivity index (χ4n) is 4.48. The van der Waals surface area contributed by atoms with Gasteiger partial charge >= 0.3 is 6.03 Å². The summed E-state index contributed by atoms with van der Waals surface area (Å²) in [5.74, 6) is -1.72. The number of urea groups is 1. The summed E-state index contributed by atoms with van der Waals surface area (Å²) in [6.45, 7) is -0.361. The SMILES string of the molecule is O=C(CN1C(=O)Nc2ccc(F)cc2S1(=O)=O)N1C[C@@H]2C=C(c3ccccc3F)[C@H]1C2. The molecule has 3 aliphatic rings. The van der Waals surface area contributed by atoms with Gasteiger partial charge in [-0.1, -0.05) is 24.3 Å². The van der Waals surface area contributed by atoms with Crippen LogP contribution in [-0.4, -0.2) is 48.7 Å². The number of nitrogens with zero attached hydrogens (tertiary/aromatic N) is 2. The van der Waals surface area contributed by atoms with Gasteiger partial charge in [-0.25, -0.2) is 26.3 Å². The Balaban J connectivity index is 1.41. The van der Waals surface area contributed by atoms with E-state index >= 15 is 0 Å². The standard InChI is InChI=1S/C21H17F2N3O4S/c22-13-5-6-17-19(9-13)31(29,30)26(21(28)24-17)11-20(27)25-10-12-7-15(18(25)8-12)14-3-1-2-4-16(14)23/h1-7,9,12,18H,8,10-11H2,(H,24,28)/t12-,18-/m1/s1. The Morgan fingerprint density at radius 2 is 1.94 bits per heavy atom. The molecule has 2 bridgehead atoms. The fraction of sp³-hybridized carbons (Fsp3) is 0.238. The van der Waals surface area contributed by atoms with E-state index in [2.05, 4.69) is 5.32 Å². The van der Waals surface area contributed by atoms with Crippen LogP contribution in [0.5, 0.6) is 0 Å². The van der Waals surface area contributed by atoms with Crippen molar-refractivity contribution in [2.24, 2.45) is 5.92 Å². The van der Waals surface area contributed by atoms with E-state index in [0.717, 1.165) is 18.2 Å². The highest BCUT2D eigenvalue weighted by molar-refractivity contribution is 7.90. The molecule has 2 heterocycles. The normalized spacial score (nSPS) is 23.4. The van der Waals surface area contributed by atoms with Crippen molar-refractivity contribution in [1.29, 1.82) is 0 Å². The van der Waals surface area contributed by atoms with Crippen LogP contribution in [0.2, 0.25) is 0 Å². The zero-order valence-corrected chi connectivity index (χ0v) is 16.9. The number of hydrogen-bond donors (Lipinski definition) is 1. The van der Waals surface area contributed by atoms with Gasteiger partial charge in [0.2, 0.25) is 5.91 Å². The van der Waals surface area contributed by atoms with E-state index in [1.807, 2.05) is 6.08 Å². The van der Waals surface area contributed by atoms with Crippen molar-refractivity contribution >= 4 is 33.2 Å². The minimum atomic E-state index is -4.41. The van der Waals surface area contributed by atoms with Crippen LogP contribution in [0.1, 0.15) is 12.0 Å². The fourth-order valence-corrected chi connectivity index (χ4v) is 5.92. The van der Waals surface area contributed by atoms with Gasteiger partial charge in [0.05, 0.1) is 11.7 Å². The molecule has 0 saturated carbocycles. The van der Waals surface area contributed by atoms with E-state index < -0.39 is 51.1 Å². The van der Waals surface area contributed by atoms with E-state index in [1.165, 1.54) is 11.0 Å². The molecule has 0 spiro atoms. The maximum atomic E-state index is 14.3. The molecule has 1 aliphatic carbocycles. The number of likely N-dealkylation sites (tertiary alicyclic amines) is 1. The summed E-state index contributed by atoms with van der Waals surface area (Å²) in [5.41, 5.74) is 1.04. The highest BCUT2D eigenvalue weighted by Gasteiger charge is 2.45. The highest BCUT2D eigenvalue weighted by Crippen LogP contribution is 2.42. The minimum Gasteiger partial charge on any atom is -0.333 e. The molecule has 2 aromatic carbocycles. The first-order valence-electron chi connectivity index (χ1n) is 9.65. The van der Waals surface area contributed by atoms with Gasteiger partial charge in [0.25, 0.3) is 10.0 Å². The van der Waals surface area contributed by atoms with Crippen molar-refractivity contribution in [3.05, 3.63) is 65.7 Å². The van der Waals surface area contributed by atoms with E-state index in [4.69, 9.17) is 0 Å². The molecular weight excluding hydrogens is 428 g/mol. The maximum Gasteiger partial charge on any atom is 0.336 e. The Bertz CT molecular complexity index is 1260. The second kappa shape index (κ2) is 6.88. The third-order valence-electron chi connectivity index (χ3n) is 5.87. The van der Waals surface area contributed by atoms with Crippen LogP contribution >= 0.6 is 0 Å². The van der Waals surface area contributed by atoms with Gasteiger partial charge in [0.1, 0.15) is 23.1 Å². The van der Waals surface area contributed by atoms with Gasteiger partial charge in [0, 0.05) is 12.1 Å². The lowest BCUT2D eigenvalue weighted by atomic mass is 9.99. The predicted octanol–water partition coefficient (Wildman–Crippen LogP) is 2.82. The summed E-state index contributed by atoms with van der Waals surface area (Å²) in [5, 5.41) is 2.37. The molecule has 3 amide bonds. The molecule has 10 heteroatoms. The number of sulfonamides is 1. The van der Waals surface area contributed by atoms with Crippen LogP contribution in [0, 0.1) is 17.6 Å². The van der Waals surface area contributed by atoms with Crippen molar-refractivity contribution in [1.82, 2.24) is 9.21 Å². The smallest absolute Gasteiger partial charge is 0.333 e. The number of halogens is 2. The maximum absolute atomic E-state index is 14.3. The molecule has 1 fully saturated rings. The van der Waals surface area contributed by atoms with Crippen LogP contribution in [-0.2, 0) is 14.8 Å². The molecule has 160 valence electrons. The first-order chi connectivity index (χ1) is 14.8. The van der Waals surface area contributed by atoms with Crippen LogP contribution in [0.15, 0.2) is 53.4 Å². The topological polar surface area (TPSA) is 86.8 Å². The van der Waals surface area contributed by atoms with Crippen LogP contribution < -0.4 is 5.32 Å². The zero-order chi connectivity index (χ0) is 21.9. The number of amides is 3. The number of anilines is 1. The van der Waals surface area contributed by atoms with E-state index in [9.17, 15) is 26.8 Å². The third-order valence-corrected chi connectivity index (χ3v) is 7.64. The molecule has 0 unspecified atom stereocenters. The molecular formula is C21H17F2N3O4S. The summed E-state index contributed by atoms with van der Waals surface area (Å²) in [6, 6.07) is 7.88. The third kappa shape index (κ3) is 3.09. The summed E-state index contributed by atoms with van der Waals surface area (Å²) in [4.78, 5) is 26.5. The van der Waals surface area contributed by atoms with Crippen LogP contribution in [0.3, 0.4) is 0 Å². The summed E-state index contributed by atoms with van der Waals surface area (Å²) >= 11 is 0. The highest BCUT2D eigenvalue weighted by atomic mass is 32.2. The summed E-state index contributed by atoms with van der Waals surface area (Å²) in [7, 11) is -4.41. The first-order valence-corrected chi connectivity index (χ1v) is 11.1. The average molecular weight is 445 g/mol. The summed E-state index contributed by atoms with van der Waals surface area (Å²) < 4.78 is 54.0. The monoisotopic (exact) mass is 445 g/mol. The Morgan fingerprint density at radius 3 is 2.68 bits per heavy atom. The van der Waals surface area contributed by atoms with Crippen molar-refractivity contribution in [2.75, 3.05) is 18.4 Å². The molecule has 5 rings (SSSR count). The Morgan fingerprint density at radius 1 is 1.16 bits per heavy atom. The lowest BCUT2D eigenvalue weighted by molar-refractivity contribution is -0.131. The van der Waals surface area contributed by atoms with Gasteiger partial charge in [-0.05, 0) is 42.2 Å². The van der Waals surface area contributed by atoms with Crippen LogP contribution in [0.4, 0.5) is 19.3 Å². The Kier molecular flexibility index (Phi) is 4.37. The Labute approximate surface area is 177 Å². The van der Waals surface area contributed by atoms with E-state index in [0.29, 0.717) is 28.4 Å². The molecule has 1 N–H and O–H groups in total. The quantitative estimate of drug-likeness (QED) is 0.787. The first kappa shape index (κ1) is 19.7.